The lowest BCUT2D eigenvalue weighted by Crippen LogP contribution is -2.09. The molecule has 7 heteroatoms. The third-order valence-corrected chi connectivity index (χ3v) is 2.47. The third-order valence-electron chi connectivity index (χ3n) is 1.51. The average Bonchev–Trinajstić information content (AvgIpc) is 2.52. The molecule has 15 heavy (non-hydrogen) atoms. The number of anilines is 1. The Kier molecular flexibility index (Phi) is 3.67. The third kappa shape index (κ3) is 3.50. The highest BCUT2D eigenvalue weighted by atomic mass is 32.1. The van der Waals surface area contributed by atoms with Crippen molar-refractivity contribution in [3.8, 4) is 0 Å². The van der Waals surface area contributed by atoms with Crippen molar-refractivity contribution in [3.05, 3.63) is 11.1 Å². The Morgan fingerprint density at radius 3 is 2.73 bits per heavy atom. The minimum absolute atomic E-state index is 0.0132. The van der Waals surface area contributed by atoms with Crippen LogP contribution >= 0.6 is 11.3 Å². The highest BCUT2D eigenvalue weighted by molar-refractivity contribution is 7.15. The van der Waals surface area contributed by atoms with E-state index in [-0.39, 0.29) is 17.5 Å². The van der Waals surface area contributed by atoms with E-state index in [0.717, 1.165) is 0 Å². The Labute approximate surface area is 88.3 Å². The molecule has 0 aromatic carbocycles. The average molecular weight is 238 g/mol. The zero-order valence-electron chi connectivity index (χ0n) is 7.89. The van der Waals surface area contributed by atoms with Gasteiger partial charge in [0.2, 0.25) is 5.91 Å². The van der Waals surface area contributed by atoms with E-state index < -0.39 is 11.1 Å². The number of alkyl halides is 3. The van der Waals surface area contributed by atoms with Gasteiger partial charge in [0, 0.05) is 6.42 Å². The molecule has 1 aromatic rings. The van der Waals surface area contributed by atoms with Crippen molar-refractivity contribution in [2.24, 2.45) is 0 Å². The normalized spacial score (nSPS) is 11.5. The molecule has 0 saturated heterocycles. The second-order valence-electron chi connectivity index (χ2n) is 2.83. The van der Waals surface area contributed by atoms with Gasteiger partial charge in [-0.3, -0.25) is 4.79 Å². The zero-order chi connectivity index (χ0) is 11.5. The van der Waals surface area contributed by atoms with E-state index in [4.69, 9.17) is 0 Å². The van der Waals surface area contributed by atoms with E-state index >= 15 is 0 Å². The Bertz CT molecular complexity index is 348. The topological polar surface area (TPSA) is 42.0 Å². The van der Waals surface area contributed by atoms with Gasteiger partial charge in [-0.1, -0.05) is 18.3 Å². The van der Waals surface area contributed by atoms with Crippen LogP contribution in [0.3, 0.4) is 0 Å². The van der Waals surface area contributed by atoms with Gasteiger partial charge in [0.05, 0.1) is 6.20 Å². The van der Waals surface area contributed by atoms with Crippen LogP contribution in [-0.2, 0) is 11.0 Å². The molecule has 0 aliphatic carbocycles. The second kappa shape index (κ2) is 4.61. The van der Waals surface area contributed by atoms with E-state index in [1.54, 1.807) is 0 Å². The monoisotopic (exact) mass is 238 g/mol. The number of amides is 1. The number of halogens is 3. The maximum Gasteiger partial charge on any atom is 0.427 e. The molecule has 3 nitrogen and oxygen atoms in total. The number of thiazole rings is 1. The number of carbonyl (C=O) groups excluding carboxylic acids is 1. The summed E-state index contributed by atoms with van der Waals surface area (Å²) in [6.07, 6.45) is -2.76. The summed E-state index contributed by atoms with van der Waals surface area (Å²) in [5, 5.41) is 2.29. The molecule has 0 bridgehead atoms. The predicted octanol–water partition coefficient (Wildman–Crippen LogP) is 2.90. The first-order chi connectivity index (χ1) is 6.93. The van der Waals surface area contributed by atoms with Gasteiger partial charge in [-0.15, -0.1) is 0 Å². The quantitative estimate of drug-likeness (QED) is 0.879. The fourth-order valence-electron chi connectivity index (χ4n) is 0.872. The predicted molar refractivity (Wildman–Crippen MR) is 50.7 cm³/mol. The van der Waals surface area contributed by atoms with E-state index in [1.165, 1.54) is 0 Å². The summed E-state index contributed by atoms with van der Waals surface area (Å²) < 4.78 is 36.4. The minimum Gasteiger partial charge on any atom is -0.302 e. The maximum absolute atomic E-state index is 12.1. The van der Waals surface area contributed by atoms with E-state index in [1.807, 2.05) is 6.92 Å². The van der Waals surface area contributed by atoms with Crippen LogP contribution in [0.4, 0.5) is 18.3 Å². The number of aromatic nitrogens is 1. The summed E-state index contributed by atoms with van der Waals surface area (Å²) >= 11 is 0.426. The van der Waals surface area contributed by atoms with Crippen LogP contribution in [0.2, 0.25) is 0 Å². The van der Waals surface area contributed by atoms with Crippen LogP contribution in [0.25, 0.3) is 0 Å². The van der Waals surface area contributed by atoms with Crippen LogP contribution in [-0.4, -0.2) is 10.9 Å². The molecule has 0 aliphatic rings. The molecule has 0 unspecified atom stereocenters. The SMILES string of the molecule is CCCC(=O)Nc1ncc(C(F)(F)F)s1. The lowest BCUT2D eigenvalue weighted by Gasteiger charge is -2.00. The van der Waals surface area contributed by atoms with Gasteiger partial charge in [0.15, 0.2) is 5.13 Å². The smallest absolute Gasteiger partial charge is 0.302 e. The highest BCUT2D eigenvalue weighted by Crippen LogP contribution is 2.34. The molecule has 1 rings (SSSR count). The van der Waals surface area contributed by atoms with Crippen molar-refractivity contribution in [1.29, 1.82) is 0 Å². The molecule has 0 atom stereocenters. The summed E-state index contributed by atoms with van der Waals surface area (Å²) in [5.41, 5.74) is 0. The van der Waals surface area contributed by atoms with Crippen LogP contribution in [0.15, 0.2) is 6.20 Å². The number of nitrogens with zero attached hydrogens (tertiary/aromatic N) is 1. The lowest BCUT2D eigenvalue weighted by atomic mass is 10.3. The molecule has 1 N–H and O–H groups in total. The molecular formula is C8H9F3N2OS. The summed E-state index contributed by atoms with van der Waals surface area (Å²) in [7, 11) is 0. The fourth-order valence-corrected chi connectivity index (χ4v) is 1.57. The summed E-state index contributed by atoms with van der Waals surface area (Å²) in [4.78, 5) is 13.7. The standard InChI is InChI=1S/C8H9F3N2OS/c1-2-3-6(14)13-7-12-4-5(15-7)8(9,10)11/h4H,2-3H2,1H3,(H,12,13,14). The van der Waals surface area contributed by atoms with Gasteiger partial charge in [0.25, 0.3) is 0 Å². The zero-order valence-corrected chi connectivity index (χ0v) is 8.71. The van der Waals surface area contributed by atoms with E-state index in [9.17, 15) is 18.0 Å². The lowest BCUT2D eigenvalue weighted by molar-refractivity contribution is -0.134. The number of hydrogen-bond donors (Lipinski definition) is 1. The first-order valence-corrected chi connectivity index (χ1v) is 5.08. The molecule has 84 valence electrons. The molecule has 1 heterocycles. The maximum atomic E-state index is 12.1. The molecule has 0 radical (unpaired) electrons. The van der Waals surface area contributed by atoms with Crippen molar-refractivity contribution >= 4 is 22.4 Å². The van der Waals surface area contributed by atoms with Gasteiger partial charge in [0.1, 0.15) is 4.88 Å². The van der Waals surface area contributed by atoms with Crippen molar-refractivity contribution in [3.63, 3.8) is 0 Å². The van der Waals surface area contributed by atoms with Gasteiger partial charge in [-0.05, 0) is 6.42 Å². The van der Waals surface area contributed by atoms with Gasteiger partial charge in [-0.25, -0.2) is 4.98 Å². The molecule has 1 aromatic heterocycles. The van der Waals surface area contributed by atoms with Gasteiger partial charge < -0.3 is 5.32 Å². The molecule has 0 fully saturated rings. The van der Waals surface area contributed by atoms with Gasteiger partial charge >= 0.3 is 6.18 Å². The van der Waals surface area contributed by atoms with E-state index in [2.05, 4.69) is 10.3 Å². The Morgan fingerprint density at radius 1 is 1.60 bits per heavy atom. The number of nitrogens with one attached hydrogen (secondary N) is 1. The number of hydrogen-bond acceptors (Lipinski definition) is 3. The number of carbonyl (C=O) groups is 1. The first-order valence-electron chi connectivity index (χ1n) is 4.26. The van der Waals surface area contributed by atoms with Crippen molar-refractivity contribution in [2.75, 3.05) is 5.32 Å². The molecular weight excluding hydrogens is 229 g/mol. The van der Waals surface area contributed by atoms with Crippen molar-refractivity contribution in [2.45, 2.75) is 25.9 Å². The fraction of sp³-hybridized carbons (Fsp3) is 0.500. The van der Waals surface area contributed by atoms with E-state index in [0.29, 0.717) is 24.0 Å². The summed E-state index contributed by atoms with van der Waals surface area (Å²) in [5.74, 6) is -0.319. The van der Waals surface area contributed by atoms with Crippen molar-refractivity contribution < 1.29 is 18.0 Å². The van der Waals surface area contributed by atoms with Crippen LogP contribution in [0.5, 0.6) is 0 Å². The molecule has 1 amide bonds. The highest BCUT2D eigenvalue weighted by Gasteiger charge is 2.33. The largest absolute Gasteiger partial charge is 0.427 e. The van der Waals surface area contributed by atoms with Crippen LogP contribution < -0.4 is 5.32 Å². The minimum atomic E-state index is -4.40. The summed E-state index contributed by atoms with van der Waals surface area (Å²) in [6.45, 7) is 1.81. The molecule has 0 saturated carbocycles. The Hall–Kier alpha value is -1.11. The molecule has 0 aliphatic heterocycles. The van der Waals surface area contributed by atoms with Crippen LogP contribution in [0, 0.1) is 0 Å². The van der Waals surface area contributed by atoms with Crippen molar-refractivity contribution in [1.82, 2.24) is 4.98 Å². The Balaban J connectivity index is 2.65. The van der Waals surface area contributed by atoms with Crippen LogP contribution in [0.1, 0.15) is 24.6 Å². The van der Waals surface area contributed by atoms with Gasteiger partial charge in [-0.2, -0.15) is 13.2 Å². The Morgan fingerprint density at radius 2 is 2.27 bits per heavy atom. The number of rotatable bonds is 3. The summed E-state index contributed by atoms with van der Waals surface area (Å²) in [6, 6.07) is 0. The second-order valence-corrected chi connectivity index (χ2v) is 3.86. The first kappa shape index (κ1) is 12.0. The molecule has 0 spiro atoms.